The Morgan fingerprint density at radius 1 is 1.15 bits per heavy atom. The first-order valence-electron chi connectivity index (χ1n) is 8.00. The maximum absolute atomic E-state index is 13.0. The van der Waals surface area contributed by atoms with Crippen LogP contribution in [0.1, 0.15) is 12.5 Å². The lowest BCUT2D eigenvalue weighted by Gasteiger charge is -2.29. The monoisotopic (exact) mass is 420 g/mol. The van der Waals surface area contributed by atoms with Gasteiger partial charge in [-0.1, -0.05) is 35.3 Å². The largest absolute Gasteiger partial charge is 0.494 e. The van der Waals surface area contributed by atoms with E-state index in [9.17, 15) is 9.59 Å². The van der Waals surface area contributed by atoms with Gasteiger partial charge in [0.25, 0.3) is 11.8 Å². The standard InChI is InChI=1S/C19H14Cl2N2O3S/c1-2-26-13-5-3-4-12(10-13)23-18(25)14(17(24)22-19(23)27)8-11-6-7-15(20)16(21)9-11/h3-10H,2H2,1H3,(H,22,24,27)/b14-8+. The van der Waals surface area contributed by atoms with Crippen LogP contribution in [-0.4, -0.2) is 23.5 Å². The minimum absolute atomic E-state index is 0.00457. The lowest BCUT2D eigenvalue weighted by molar-refractivity contribution is -0.122. The molecule has 0 radical (unpaired) electrons. The van der Waals surface area contributed by atoms with Crippen LogP contribution in [0.5, 0.6) is 5.75 Å². The molecule has 5 nitrogen and oxygen atoms in total. The quantitative estimate of drug-likeness (QED) is 0.456. The Morgan fingerprint density at radius 2 is 1.93 bits per heavy atom. The number of nitrogens with one attached hydrogen (secondary N) is 1. The number of benzene rings is 2. The smallest absolute Gasteiger partial charge is 0.270 e. The third-order valence-electron chi connectivity index (χ3n) is 3.74. The fourth-order valence-electron chi connectivity index (χ4n) is 2.54. The highest BCUT2D eigenvalue weighted by atomic mass is 35.5. The average Bonchev–Trinajstić information content (AvgIpc) is 2.62. The van der Waals surface area contributed by atoms with E-state index in [0.29, 0.717) is 33.7 Å². The van der Waals surface area contributed by atoms with Gasteiger partial charge in [0.05, 0.1) is 22.3 Å². The zero-order valence-electron chi connectivity index (χ0n) is 14.2. The van der Waals surface area contributed by atoms with Crippen LogP contribution in [-0.2, 0) is 9.59 Å². The fourth-order valence-corrected chi connectivity index (χ4v) is 3.13. The minimum Gasteiger partial charge on any atom is -0.494 e. The molecule has 1 heterocycles. The van der Waals surface area contributed by atoms with E-state index in [1.165, 1.54) is 11.0 Å². The van der Waals surface area contributed by atoms with Crippen LogP contribution in [0.2, 0.25) is 10.0 Å². The molecule has 0 spiro atoms. The molecular formula is C19H14Cl2N2O3S. The molecule has 2 amide bonds. The summed E-state index contributed by atoms with van der Waals surface area (Å²) in [4.78, 5) is 26.6. The number of amides is 2. The lowest BCUT2D eigenvalue weighted by atomic mass is 10.1. The number of carbonyl (C=O) groups excluding carboxylic acids is 2. The Bertz CT molecular complexity index is 975. The van der Waals surface area contributed by atoms with E-state index in [1.54, 1.807) is 42.5 Å². The molecule has 27 heavy (non-hydrogen) atoms. The van der Waals surface area contributed by atoms with E-state index in [2.05, 4.69) is 5.32 Å². The Hall–Kier alpha value is -2.41. The van der Waals surface area contributed by atoms with Gasteiger partial charge >= 0.3 is 0 Å². The number of hydrogen-bond acceptors (Lipinski definition) is 4. The molecule has 8 heteroatoms. The average molecular weight is 421 g/mol. The zero-order chi connectivity index (χ0) is 19.6. The molecule has 2 aromatic carbocycles. The van der Waals surface area contributed by atoms with Crippen molar-refractivity contribution in [2.75, 3.05) is 11.5 Å². The van der Waals surface area contributed by atoms with Crippen LogP contribution in [0, 0.1) is 0 Å². The highest BCUT2D eigenvalue weighted by Crippen LogP contribution is 2.27. The van der Waals surface area contributed by atoms with Gasteiger partial charge in [-0.15, -0.1) is 0 Å². The molecule has 1 N–H and O–H groups in total. The summed E-state index contributed by atoms with van der Waals surface area (Å²) in [6.45, 7) is 2.35. The summed E-state index contributed by atoms with van der Waals surface area (Å²) in [6.07, 6.45) is 1.45. The van der Waals surface area contributed by atoms with Crippen molar-refractivity contribution < 1.29 is 14.3 Å². The highest BCUT2D eigenvalue weighted by molar-refractivity contribution is 7.80. The molecular weight excluding hydrogens is 407 g/mol. The van der Waals surface area contributed by atoms with Crippen LogP contribution < -0.4 is 15.0 Å². The van der Waals surface area contributed by atoms with Crippen LogP contribution >= 0.6 is 35.4 Å². The summed E-state index contributed by atoms with van der Waals surface area (Å²) in [5.74, 6) is -0.519. The summed E-state index contributed by atoms with van der Waals surface area (Å²) in [7, 11) is 0. The normalized spacial score (nSPS) is 15.9. The summed E-state index contributed by atoms with van der Waals surface area (Å²) in [5.41, 5.74) is 0.999. The van der Waals surface area contributed by atoms with E-state index < -0.39 is 11.8 Å². The topological polar surface area (TPSA) is 58.6 Å². The van der Waals surface area contributed by atoms with Gasteiger partial charge in [-0.25, -0.2) is 0 Å². The van der Waals surface area contributed by atoms with E-state index in [-0.39, 0.29) is 10.7 Å². The number of hydrogen-bond donors (Lipinski definition) is 1. The number of rotatable bonds is 4. The molecule has 0 saturated carbocycles. The van der Waals surface area contributed by atoms with Crippen molar-refractivity contribution in [2.45, 2.75) is 6.92 Å². The number of ether oxygens (including phenoxy) is 1. The van der Waals surface area contributed by atoms with E-state index in [0.717, 1.165) is 0 Å². The lowest BCUT2D eigenvalue weighted by Crippen LogP contribution is -2.54. The van der Waals surface area contributed by atoms with Gasteiger partial charge in [-0.2, -0.15) is 0 Å². The van der Waals surface area contributed by atoms with Crippen molar-refractivity contribution in [2.24, 2.45) is 0 Å². The maximum Gasteiger partial charge on any atom is 0.270 e. The second-order valence-corrected chi connectivity index (χ2v) is 6.76. The van der Waals surface area contributed by atoms with Gasteiger partial charge < -0.3 is 4.74 Å². The fraction of sp³-hybridized carbons (Fsp3) is 0.105. The molecule has 1 aliphatic rings. The van der Waals surface area contributed by atoms with E-state index in [4.69, 9.17) is 40.2 Å². The Balaban J connectivity index is 1.99. The van der Waals surface area contributed by atoms with Gasteiger partial charge in [0.15, 0.2) is 5.11 Å². The van der Waals surface area contributed by atoms with Gasteiger partial charge in [0.1, 0.15) is 11.3 Å². The van der Waals surface area contributed by atoms with Crippen LogP contribution in [0.3, 0.4) is 0 Å². The second kappa shape index (κ2) is 8.08. The highest BCUT2D eigenvalue weighted by Gasteiger charge is 2.34. The molecule has 0 unspecified atom stereocenters. The molecule has 1 fully saturated rings. The number of halogens is 2. The van der Waals surface area contributed by atoms with Gasteiger partial charge in [0.2, 0.25) is 0 Å². The van der Waals surface area contributed by atoms with Crippen molar-refractivity contribution in [3.8, 4) is 5.75 Å². The molecule has 138 valence electrons. The van der Waals surface area contributed by atoms with Crippen LogP contribution in [0.15, 0.2) is 48.0 Å². The SMILES string of the molecule is CCOc1cccc(N2C(=O)/C(=C/c3ccc(Cl)c(Cl)c3)C(=O)NC2=S)c1. The zero-order valence-corrected chi connectivity index (χ0v) is 16.5. The van der Waals surface area contributed by atoms with E-state index in [1.807, 2.05) is 6.92 Å². The molecule has 0 bridgehead atoms. The number of nitrogens with zero attached hydrogens (tertiary/aromatic N) is 1. The first-order valence-corrected chi connectivity index (χ1v) is 9.16. The van der Waals surface area contributed by atoms with Crippen molar-refractivity contribution in [3.63, 3.8) is 0 Å². The second-order valence-electron chi connectivity index (χ2n) is 5.56. The molecule has 1 saturated heterocycles. The summed E-state index contributed by atoms with van der Waals surface area (Å²) >= 11 is 17.1. The minimum atomic E-state index is -0.576. The van der Waals surface area contributed by atoms with Crippen molar-refractivity contribution in [3.05, 3.63) is 63.6 Å². The first kappa shape index (κ1) is 19.4. The number of thiocarbonyl (C=S) groups is 1. The summed E-state index contributed by atoms with van der Waals surface area (Å²) in [5, 5.41) is 3.25. The van der Waals surface area contributed by atoms with Crippen LogP contribution in [0.4, 0.5) is 5.69 Å². The van der Waals surface area contributed by atoms with Crippen LogP contribution in [0.25, 0.3) is 6.08 Å². The molecule has 0 aromatic heterocycles. The third-order valence-corrected chi connectivity index (χ3v) is 4.77. The Morgan fingerprint density at radius 3 is 2.63 bits per heavy atom. The van der Waals surface area contributed by atoms with Gasteiger partial charge in [0, 0.05) is 6.07 Å². The molecule has 3 rings (SSSR count). The van der Waals surface area contributed by atoms with Crippen molar-refractivity contribution in [1.82, 2.24) is 5.32 Å². The Labute approximate surface area is 171 Å². The van der Waals surface area contributed by atoms with E-state index >= 15 is 0 Å². The van der Waals surface area contributed by atoms with Crippen molar-refractivity contribution >= 4 is 64.1 Å². The maximum atomic E-state index is 13.0. The predicted octanol–water partition coefficient (Wildman–Crippen LogP) is 4.22. The van der Waals surface area contributed by atoms with Gasteiger partial charge in [-0.05, 0) is 55.0 Å². The van der Waals surface area contributed by atoms with Crippen molar-refractivity contribution in [1.29, 1.82) is 0 Å². The summed E-state index contributed by atoms with van der Waals surface area (Å²) < 4.78 is 5.47. The third kappa shape index (κ3) is 4.13. The molecule has 1 aliphatic heterocycles. The molecule has 2 aromatic rings. The first-order chi connectivity index (χ1) is 12.9. The predicted molar refractivity (Wildman–Crippen MR) is 110 cm³/mol. The summed E-state index contributed by atoms with van der Waals surface area (Å²) in [6, 6.07) is 11.7. The molecule has 0 atom stereocenters. The van der Waals surface area contributed by atoms with Gasteiger partial charge in [-0.3, -0.25) is 19.8 Å². The molecule has 0 aliphatic carbocycles. The number of anilines is 1. The Kier molecular flexibility index (Phi) is 5.79. The number of carbonyl (C=O) groups is 2.